The van der Waals surface area contributed by atoms with Crippen LogP contribution in [0.1, 0.15) is 56.0 Å². The molecule has 0 aliphatic carbocycles. The lowest BCUT2D eigenvalue weighted by Crippen LogP contribution is -2.35. The largest absolute Gasteiger partial charge is 0.493 e. The third-order valence-electron chi connectivity index (χ3n) is 5.78. The second-order valence-electron chi connectivity index (χ2n) is 8.39. The summed E-state index contributed by atoms with van der Waals surface area (Å²) in [5.41, 5.74) is 1.18. The highest BCUT2D eigenvalue weighted by Gasteiger charge is 2.36. The van der Waals surface area contributed by atoms with Crippen molar-refractivity contribution in [2.24, 2.45) is 4.99 Å². The lowest BCUT2D eigenvalue weighted by molar-refractivity contribution is -0.0705. The number of methoxy groups -OCH3 is 3. The fourth-order valence-electron chi connectivity index (χ4n) is 4.38. The van der Waals surface area contributed by atoms with E-state index < -0.39 is 0 Å². The number of ether oxygens (including phenoxy) is 4. The fraction of sp³-hybridized carbons (Fsp3) is 0.545. The van der Waals surface area contributed by atoms with Crippen molar-refractivity contribution in [2.75, 3.05) is 27.9 Å². The Kier molecular flexibility index (Phi) is 5.83. The predicted octanol–water partition coefficient (Wildman–Crippen LogP) is 4.22. The van der Waals surface area contributed by atoms with E-state index in [9.17, 15) is 4.79 Å². The van der Waals surface area contributed by atoms with Crippen LogP contribution in [0.4, 0.5) is 5.82 Å². The van der Waals surface area contributed by atoms with Gasteiger partial charge in [0.25, 0.3) is 5.56 Å². The molecular formula is C22H29N3O5S. The number of rotatable bonds is 5. The summed E-state index contributed by atoms with van der Waals surface area (Å²) in [6.45, 7) is 6.78. The monoisotopic (exact) mass is 447 g/mol. The van der Waals surface area contributed by atoms with Crippen molar-refractivity contribution in [3.63, 3.8) is 0 Å². The third kappa shape index (κ3) is 3.96. The zero-order chi connectivity index (χ0) is 22.3. The first kappa shape index (κ1) is 21.8. The van der Waals surface area contributed by atoms with Crippen LogP contribution in [-0.2, 0) is 4.74 Å². The summed E-state index contributed by atoms with van der Waals surface area (Å²) in [7, 11) is 4.75. The molecule has 168 valence electrons. The minimum absolute atomic E-state index is 0.123. The number of hydrogen-bond donors (Lipinski definition) is 1. The molecule has 0 amide bonds. The number of nitrogens with zero attached hydrogens (tertiary/aromatic N) is 2. The number of nitrogens with one attached hydrogen (secondary N) is 1. The Labute approximate surface area is 185 Å². The van der Waals surface area contributed by atoms with Gasteiger partial charge in [0.15, 0.2) is 17.3 Å². The number of thioether (sulfide) groups is 1. The quantitative estimate of drug-likeness (QED) is 0.739. The first-order valence-corrected chi connectivity index (χ1v) is 11.2. The van der Waals surface area contributed by atoms with Crippen molar-refractivity contribution >= 4 is 22.6 Å². The van der Waals surface area contributed by atoms with Gasteiger partial charge in [-0.05, 0) is 51.3 Å². The van der Waals surface area contributed by atoms with Gasteiger partial charge in [-0.1, -0.05) is 11.8 Å². The Hall–Kier alpha value is -2.39. The number of benzene rings is 1. The van der Waals surface area contributed by atoms with E-state index in [1.807, 2.05) is 23.7 Å². The normalized spacial score (nSPS) is 22.5. The highest BCUT2D eigenvalue weighted by Crippen LogP contribution is 2.49. The van der Waals surface area contributed by atoms with E-state index in [0.717, 1.165) is 23.4 Å². The highest BCUT2D eigenvalue weighted by atomic mass is 32.2. The molecule has 0 saturated carbocycles. The van der Waals surface area contributed by atoms with Crippen molar-refractivity contribution in [2.45, 2.75) is 50.5 Å². The Morgan fingerprint density at radius 2 is 1.87 bits per heavy atom. The predicted molar refractivity (Wildman–Crippen MR) is 122 cm³/mol. The molecule has 0 bridgehead atoms. The molecule has 8 nitrogen and oxygen atoms in total. The molecule has 2 aliphatic rings. The van der Waals surface area contributed by atoms with Crippen LogP contribution < -0.4 is 19.8 Å². The molecule has 4 rings (SSSR count). The van der Waals surface area contributed by atoms with Gasteiger partial charge in [0, 0.05) is 6.61 Å². The first-order valence-electron chi connectivity index (χ1n) is 10.3. The standard InChI is InChI=1S/C22H29N3O5S/c1-12-23-20-17(21(26)24-25(20)14-7-8-30-22(2,3)11-14)19(31-12)13-9-15(27-4)18(29-6)16(10-13)28-5/h9-10,14,19H,7-8,11H2,1-6H3,(H,24,26)/t14-,19-/m0/s1. The fourth-order valence-corrected chi connectivity index (χ4v) is 5.46. The SMILES string of the molecule is COc1cc([C@@H]2SC(C)=Nc3c2c(=O)[nH]n3[C@H]2CCOC(C)(C)C2)cc(OC)c1OC. The van der Waals surface area contributed by atoms with E-state index in [-0.39, 0.29) is 22.5 Å². The zero-order valence-electron chi connectivity index (χ0n) is 18.8. The third-order valence-corrected chi connectivity index (χ3v) is 6.95. The van der Waals surface area contributed by atoms with E-state index in [0.29, 0.717) is 35.2 Å². The minimum atomic E-state index is -0.241. The summed E-state index contributed by atoms with van der Waals surface area (Å²) in [5.74, 6) is 2.33. The maximum Gasteiger partial charge on any atom is 0.271 e. The Balaban J connectivity index is 1.82. The van der Waals surface area contributed by atoms with Gasteiger partial charge in [0.05, 0.1) is 48.8 Å². The van der Waals surface area contributed by atoms with E-state index >= 15 is 0 Å². The molecule has 0 radical (unpaired) electrons. The average molecular weight is 448 g/mol. The van der Waals surface area contributed by atoms with Crippen molar-refractivity contribution in [1.29, 1.82) is 0 Å². The maximum atomic E-state index is 13.1. The van der Waals surface area contributed by atoms with Gasteiger partial charge in [-0.2, -0.15) is 0 Å². The van der Waals surface area contributed by atoms with Crippen molar-refractivity contribution in [1.82, 2.24) is 9.78 Å². The van der Waals surface area contributed by atoms with Crippen LogP contribution in [0.3, 0.4) is 0 Å². The Morgan fingerprint density at radius 1 is 1.19 bits per heavy atom. The van der Waals surface area contributed by atoms with E-state index in [2.05, 4.69) is 18.9 Å². The van der Waals surface area contributed by atoms with Crippen molar-refractivity contribution < 1.29 is 18.9 Å². The summed E-state index contributed by atoms with van der Waals surface area (Å²) in [4.78, 5) is 17.9. The molecular weight excluding hydrogens is 418 g/mol. The molecule has 2 aliphatic heterocycles. The number of aliphatic imine (C=N–C) groups is 1. The molecule has 2 atom stereocenters. The number of aromatic amines is 1. The zero-order valence-corrected chi connectivity index (χ0v) is 19.6. The Morgan fingerprint density at radius 3 is 2.45 bits per heavy atom. The lowest BCUT2D eigenvalue weighted by atomic mass is 9.94. The van der Waals surface area contributed by atoms with E-state index in [4.69, 9.17) is 23.9 Å². The number of fused-ring (bicyclic) bond motifs is 1. The summed E-state index contributed by atoms with van der Waals surface area (Å²) in [6, 6.07) is 3.92. The number of hydrogen-bond acceptors (Lipinski definition) is 7. The van der Waals surface area contributed by atoms with Gasteiger partial charge in [0.1, 0.15) is 0 Å². The minimum Gasteiger partial charge on any atom is -0.493 e. The summed E-state index contributed by atoms with van der Waals surface area (Å²) >= 11 is 1.55. The number of H-pyrrole nitrogens is 1. The van der Waals surface area contributed by atoms with Gasteiger partial charge in [-0.3, -0.25) is 14.6 Å². The van der Waals surface area contributed by atoms with Crippen LogP contribution in [-0.4, -0.2) is 48.4 Å². The van der Waals surface area contributed by atoms with Gasteiger partial charge < -0.3 is 18.9 Å². The smallest absolute Gasteiger partial charge is 0.271 e. The summed E-state index contributed by atoms with van der Waals surface area (Å²) in [6.07, 6.45) is 1.64. The van der Waals surface area contributed by atoms with Crippen LogP contribution in [0.25, 0.3) is 0 Å². The summed E-state index contributed by atoms with van der Waals surface area (Å²) < 4.78 is 24.3. The molecule has 0 spiro atoms. The molecule has 31 heavy (non-hydrogen) atoms. The second kappa shape index (κ2) is 8.27. The molecule has 1 N–H and O–H groups in total. The summed E-state index contributed by atoms with van der Waals surface area (Å²) in [5, 5.41) is 3.72. The second-order valence-corrected chi connectivity index (χ2v) is 9.69. The Bertz CT molecular complexity index is 1050. The molecule has 9 heteroatoms. The van der Waals surface area contributed by atoms with Crippen LogP contribution >= 0.6 is 11.8 Å². The first-order chi connectivity index (χ1) is 14.8. The van der Waals surface area contributed by atoms with Gasteiger partial charge in [-0.25, -0.2) is 4.99 Å². The molecule has 1 fully saturated rings. The lowest BCUT2D eigenvalue weighted by Gasteiger charge is -2.36. The van der Waals surface area contributed by atoms with Crippen molar-refractivity contribution in [3.05, 3.63) is 33.6 Å². The molecule has 1 saturated heterocycles. The van der Waals surface area contributed by atoms with Crippen LogP contribution in [0.15, 0.2) is 21.9 Å². The molecule has 3 heterocycles. The van der Waals surface area contributed by atoms with E-state index in [1.165, 1.54) is 0 Å². The average Bonchev–Trinajstić information content (AvgIpc) is 3.07. The highest BCUT2D eigenvalue weighted by molar-refractivity contribution is 8.14. The van der Waals surface area contributed by atoms with Crippen LogP contribution in [0, 0.1) is 0 Å². The molecule has 2 aromatic rings. The maximum absolute atomic E-state index is 13.1. The molecule has 0 unspecified atom stereocenters. The molecule has 1 aromatic heterocycles. The van der Waals surface area contributed by atoms with Crippen LogP contribution in [0.5, 0.6) is 17.2 Å². The topological polar surface area (TPSA) is 87.1 Å². The van der Waals surface area contributed by atoms with Crippen molar-refractivity contribution in [3.8, 4) is 17.2 Å². The number of aromatic nitrogens is 2. The van der Waals surface area contributed by atoms with E-state index in [1.54, 1.807) is 33.1 Å². The molecule has 1 aromatic carbocycles. The van der Waals surface area contributed by atoms with Gasteiger partial charge >= 0.3 is 0 Å². The van der Waals surface area contributed by atoms with Crippen LogP contribution in [0.2, 0.25) is 0 Å². The van der Waals surface area contributed by atoms with Gasteiger partial charge in [0.2, 0.25) is 5.75 Å². The van der Waals surface area contributed by atoms with Gasteiger partial charge in [-0.15, -0.1) is 0 Å².